The van der Waals surface area contributed by atoms with E-state index in [4.69, 9.17) is 5.26 Å². The third kappa shape index (κ3) is 6.63. The molecular formula is C9H13N3O. The predicted octanol–water partition coefficient (Wildman–Crippen LogP) is 1.14. The molecule has 0 rings (SSSR count). The summed E-state index contributed by atoms with van der Waals surface area (Å²) in [6.07, 6.45) is 6.61. The van der Waals surface area contributed by atoms with Crippen LogP contribution in [0.2, 0.25) is 0 Å². The summed E-state index contributed by atoms with van der Waals surface area (Å²) >= 11 is 0. The summed E-state index contributed by atoms with van der Waals surface area (Å²) in [5.41, 5.74) is 0.444. The van der Waals surface area contributed by atoms with Crippen molar-refractivity contribution in [3.05, 3.63) is 23.9 Å². The number of nitriles is 1. The standard InChI is InChI=1S/C9H13N3O/c1-12(2)6-4-5-9(7-10)8-11-13-3/h4-6,8H,1-3H3. The zero-order chi connectivity index (χ0) is 10.1. The maximum Gasteiger partial charge on any atom is 0.106 e. The Morgan fingerprint density at radius 3 is 2.69 bits per heavy atom. The molecule has 0 aromatic carbocycles. The van der Waals surface area contributed by atoms with Crippen molar-refractivity contribution in [2.45, 2.75) is 0 Å². The van der Waals surface area contributed by atoms with Gasteiger partial charge in [0.25, 0.3) is 0 Å². The second-order valence-electron chi connectivity index (χ2n) is 2.46. The van der Waals surface area contributed by atoms with Gasteiger partial charge < -0.3 is 9.74 Å². The van der Waals surface area contributed by atoms with Crippen molar-refractivity contribution in [2.75, 3.05) is 21.2 Å². The summed E-state index contributed by atoms with van der Waals surface area (Å²) in [5, 5.41) is 12.1. The molecule has 0 heterocycles. The minimum atomic E-state index is 0.444. The molecule has 4 heteroatoms. The number of hydrogen-bond acceptors (Lipinski definition) is 4. The highest BCUT2D eigenvalue weighted by Crippen LogP contribution is 1.90. The molecular weight excluding hydrogens is 166 g/mol. The van der Waals surface area contributed by atoms with Gasteiger partial charge in [-0.3, -0.25) is 0 Å². The molecule has 0 fully saturated rings. The van der Waals surface area contributed by atoms with Crippen LogP contribution >= 0.6 is 0 Å². The van der Waals surface area contributed by atoms with Gasteiger partial charge in [0.15, 0.2) is 0 Å². The van der Waals surface area contributed by atoms with E-state index in [1.54, 1.807) is 12.2 Å². The molecule has 0 amide bonds. The summed E-state index contributed by atoms with van der Waals surface area (Å²) in [4.78, 5) is 6.32. The first-order chi connectivity index (χ1) is 6.20. The zero-order valence-corrected chi connectivity index (χ0v) is 8.06. The molecule has 13 heavy (non-hydrogen) atoms. The molecule has 0 unspecified atom stereocenters. The van der Waals surface area contributed by atoms with Crippen LogP contribution in [0.3, 0.4) is 0 Å². The van der Waals surface area contributed by atoms with E-state index in [1.807, 2.05) is 31.3 Å². The second kappa shape index (κ2) is 6.92. The SMILES string of the molecule is CON=CC(C#N)=CC=CN(C)C. The van der Waals surface area contributed by atoms with Crippen molar-refractivity contribution < 1.29 is 4.84 Å². The Morgan fingerprint density at radius 1 is 1.54 bits per heavy atom. The lowest BCUT2D eigenvalue weighted by molar-refractivity contribution is 0.215. The number of hydrogen-bond donors (Lipinski definition) is 0. The molecule has 0 aromatic rings. The second-order valence-corrected chi connectivity index (χ2v) is 2.46. The van der Waals surface area contributed by atoms with Gasteiger partial charge in [0.1, 0.15) is 13.2 Å². The van der Waals surface area contributed by atoms with E-state index in [9.17, 15) is 0 Å². The Morgan fingerprint density at radius 2 is 2.23 bits per heavy atom. The topological polar surface area (TPSA) is 48.6 Å². The maximum absolute atomic E-state index is 8.61. The monoisotopic (exact) mass is 179 g/mol. The van der Waals surface area contributed by atoms with Crippen LogP contribution in [0, 0.1) is 11.3 Å². The Balaban J connectivity index is 4.25. The Bertz CT molecular complexity index is 259. The van der Waals surface area contributed by atoms with E-state index in [2.05, 4.69) is 9.99 Å². The zero-order valence-electron chi connectivity index (χ0n) is 8.06. The van der Waals surface area contributed by atoms with Crippen LogP contribution in [0.25, 0.3) is 0 Å². The van der Waals surface area contributed by atoms with Crippen molar-refractivity contribution in [3.63, 3.8) is 0 Å². The number of nitrogens with zero attached hydrogens (tertiary/aromatic N) is 3. The molecule has 0 aliphatic carbocycles. The lowest BCUT2D eigenvalue weighted by Crippen LogP contribution is -1.99. The van der Waals surface area contributed by atoms with Gasteiger partial charge in [-0.2, -0.15) is 5.26 Å². The molecule has 0 bridgehead atoms. The van der Waals surface area contributed by atoms with Gasteiger partial charge in [-0.25, -0.2) is 0 Å². The Hall–Kier alpha value is -1.76. The van der Waals surface area contributed by atoms with Crippen LogP contribution in [0.1, 0.15) is 0 Å². The van der Waals surface area contributed by atoms with E-state index in [-0.39, 0.29) is 0 Å². The third-order valence-corrected chi connectivity index (χ3v) is 1.09. The molecule has 0 aliphatic heterocycles. The smallest absolute Gasteiger partial charge is 0.106 e. The molecule has 0 saturated carbocycles. The summed E-state index contributed by atoms with van der Waals surface area (Å²) < 4.78 is 0. The normalized spacial score (nSPS) is 12.0. The van der Waals surface area contributed by atoms with Crippen LogP contribution in [0.4, 0.5) is 0 Å². The van der Waals surface area contributed by atoms with Crippen molar-refractivity contribution >= 4 is 6.21 Å². The van der Waals surface area contributed by atoms with E-state index in [1.165, 1.54) is 13.3 Å². The molecule has 0 aliphatic rings. The lowest BCUT2D eigenvalue weighted by Gasteiger charge is -2.00. The highest BCUT2D eigenvalue weighted by Gasteiger charge is 1.86. The van der Waals surface area contributed by atoms with Crippen molar-refractivity contribution in [3.8, 4) is 6.07 Å². The molecule has 4 nitrogen and oxygen atoms in total. The first kappa shape index (κ1) is 11.2. The van der Waals surface area contributed by atoms with Gasteiger partial charge in [0, 0.05) is 14.1 Å². The van der Waals surface area contributed by atoms with Crippen LogP contribution in [0.15, 0.2) is 29.1 Å². The van der Waals surface area contributed by atoms with E-state index >= 15 is 0 Å². The quantitative estimate of drug-likeness (QED) is 0.281. The third-order valence-electron chi connectivity index (χ3n) is 1.09. The van der Waals surface area contributed by atoms with Gasteiger partial charge in [-0.05, 0) is 18.4 Å². The van der Waals surface area contributed by atoms with E-state index in [0.717, 1.165) is 0 Å². The molecule has 0 atom stereocenters. The first-order valence-corrected chi connectivity index (χ1v) is 3.72. The average Bonchev–Trinajstić information content (AvgIpc) is 2.10. The van der Waals surface area contributed by atoms with Crippen molar-refractivity contribution in [2.24, 2.45) is 5.16 Å². The molecule has 0 saturated heterocycles. The van der Waals surface area contributed by atoms with Crippen molar-refractivity contribution in [1.29, 1.82) is 5.26 Å². The molecule has 0 aromatic heterocycles. The van der Waals surface area contributed by atoms with Gasteiger partial charge in [-0.15, -0.1) is 0 Å². The van der Waals surface area contributed by atoms with Crippen LogP contribution in [0.5, 0.6) is 0 Å². The first-order valence-electron chi connectivity index (χ1n) is 3.72. The molecule has 0 radical (unpaired) electrons. The number of rotatable bonds is 4. The fraction of sp³-hybridized carbons (Fsp3) is 0.333. The largest absolute Gasteiger partial charge is 0.399 e. The van der Waals surface area contributed by atoms with Crippen LogP contribution < -0.4 is 0 Å². The number of oxime groups is 1. The highest BCUT2D eigenvalue weighted by atomic mass is 16.6. The molecule has 70 valence electrons. The predicted molar refractivity (Wildman–Crippen MR) is 52.0 cm³/mol. The van der Waals surface area contributed by atoms with Crippen LogP contribution in [-0.4, -0.2) is 32.3 Å². The summed E-state index contributed by atoms with van der Waals surface area (Å²) in [5.74, 6) is 0. The minimum absolute atomic E-state index is 0.444. The minimum Gasteiger partial charge on any atom is -0.399 e. The molecule has 0 spiro atoms. The van der Waals surface area contributed by atoms with E-state index in [0.29, 0.717) is 5.57 Å². The number of allylic oxidation sites excluding steroid dienone is 3. The van der Waals surface area contributed by atoms with Gasteiger partial charge >= 0.3 is 0 Å². The fourth-order valence-corrected chi connectivity index (χ4v) is 0.537. The van der Waals surface area contributed by atoms with Gasteiger partial charge in [-0.1, -0.05) is 5.16 Å². The van der Waals surface area contributed by atoms with Gasteiger partial charge in [0.2, 0.25) is 0 Å². The average molecular weight is 179 g/mol. The van der Waals surface area contributed by atoms with Crippen molar-refractivity contribution in [1.82, 2.24) is 4.90 Å². The Labute approximate surface area is 78.4 Å². The summed E-state index contributed by atoms with van der Waals surface area (Å²) in [6.45, 7) is 0. The van der Waals surface area contributed by atoms with E-state index < -0.39 is 0 Å². The fourth-order valence-electron chi connectivity index (χ4n) is 0.537. The maximum atomic E-state index is 8.61. The molecule has 0 N–H and O–H groups in total. The Kier molecular flexibility index (Phi) is 5.98. The highest BCUT2D eigenvalue weighted by molar-refractivity contribution is 5.83. The summed E-state index contributed by atoms with van der Waals surface area (Å²) in [7, 11) is 5.24. The lowest BCUT2D eigenvalue weighted by atomic mass is 10.3. The van der Waals surface area contributed by atoms with Gasteiger partial charge in [0.05, 0.1) is 11.8 Å². The summed E-state index contributed by atoms with van der Waals surface area (Å²) in [6, 6.07) is 1.97. The van der Waals surface area contributed by atoms with Crippen LogP contribution in [-0.2, 0) is 4.84 Å².